The van der Waals surface area contributed by atoms with Crippen LogP contribution in [0.15, 0.2) is 18.2 Å². The van der Waals surface area contributed by atoms with Crippen LogP contribution in [0.5, 0.6) is 0 Å². The average molecular weight is 319 g/mol. The van der Waals surface area contributed by atoms with Crippen molar-refractivity contribution in [2.24, 2.45) is 0 Å². The lowest BCUT2D eigenvalue weighted by atomic mass is 10.0. The number of hydrogen-bond donors (Lipinski definition) is 1. The molecule has 3 aliphatic heterocycles. The zero-order valence-electron chi connectivity index (χ0n) is 13.5. The van der Waals surface area contributed by atoms with Crippen LogP contribution in [0.4, 0.5) is 17.1 Å². The van der Waals surface area contributed by atoms with E-state index in [2.05, 4.69) is 28.0 Å². The molecule has 3 fully saturated rings. The van der Waals surface area contributed by atoms with Crippen molar-refractivity contribution in [3.05, 3.63) is 18.2 Å². The Labute approximate surface area is 137 Å². The first-order chi connectivity index (χ1) is 11.2. The summed E-state index contributed by atoms with van der Waals surface area (Å²) in [6, 6.07) is 6.37. The molecule has 0 aliphatic carbocycles. The van der Waals surface area contributed by atoms with Gasteiger partial charge in [0.25, 0.3) is 0 Å². The minimum Gasteiger partial charge on any atom is -0.399 e. The van der Waals surface area contributed by atoms with Crippen LogP contribution in [0, 0.1) is 0 Å². The molecule has 0 atom stereocenters. The van der Waals surface area contributed by atoms with Crippen molar-refractivity contribution in [1.82, 2.24) is 0 Å². The normalized spacial score (nSPS) is 24.3. The van der Waals surface area contributed by atoms with E-state index in [0.29, 0.717) is 0 Å². The number of nitrogens with two attached hydrogens (primary N) is 1. The van der Waals surface area contributed by atoms with Gasteiger partial charge in [0.15, 0.2) is 5.79 Å². The predicted molar refractivity (Wildman–Crippen MR) is 90.0 cm³/mol. The average Bonchev–Trinajstić information content (AvgIpc) is 3.04. The smallest absolute Gasteiger partial charge is 0.171 e. The van der Waals surface area contributed by atoms with Crippen LogP contribution in [0.1, 0.15) is 12.8 Å². The summed E-state index contributed by atoms with van der Waals surface area (Å²) in [4.78, 5) is 4.73. The maximum Gasteiger partial charge on any atom is 0.171 e. The molecule has 2 N–H and O–H groups in total. The van der Waals surface area contributed by atoms with Gasteiger partial charge in [0.2, 0.25) is 0 Å². The van der Waals surface area contributed by atoms with E-state index in [1.54, 1.807) is 0 Å². The maximum atomic E-state index is 6.15. The van der Waals surface area contributed by atoms with Crippen LogP contribution in [0.25, 0.3) is 0 Å². The predicted octanol–water partition coefficient (Wildman–Crippen LogP) is 1.45. The second kappa shape index (κ2) is 6.19. The molecule has 4 rings (SSSR count). The first kappa shape index (κ1) is 15.1. The van der Waals surface area contributed by atoms with Crippen molar-refractivity contribution in [2.45, 2.75) is 18.6 Å². The van der Waals surface area contributed by atoms with Crippen LogP contribution in [-0.2, 0) is 14.2 Å². The third-order valence-corrected chi connectivity index (χ3v) is 5.01. The second-order valence-electron chi connectivity index (χ2n) is 6.48. The fourth-order valence-corrected chi connectivity index (χ4v) is 3.70. The van der Waals surface area contributed by atoms with Gasteiger partial charge in [-0.1, -0.05) is 0 Å². The molecule has 1 aromatic carbocycles. The number of ether oxygens (including phenoxy) is 3. The molecule has 3 saturated heterocycles. The number of rotatable bonds is 2. The second-order valence-corrected chi connectivity index (χ2v) is 6.48. The topological polar surface area (TPSA) is 60.2 Å². The molecule has 0 bridgehead atoms. The highest BCUT2D eigenvalue weighted by Crippen LogP contribution is 2.35. The monoisotopic (exact) mass is 319 g/mol. The largest absolute Gasteiger partial charge is 0.399 e. The number of anilines is 3. The minimum absolute atomic E-state index is 0.330. The fourth-order valence-electron chi connectivity index (χ4n) is 3.70. The summed E-state index contributed by atoms with van der Waals surface area (Å²) in [6.07, 6.45) is 1.82. The van der Waals surface area contributed by atoms with Crippen molar-refractivity contribution < 1.29 is 14.2 Å². The highest BCUT2D eigenvalue weighted by molar-refractivity contribution is 5.67. The highest BCUT2D eigenvalue weighted by Gasteiger charge is 2.39. The van der Waals surface area contributed by atoms with Crippen LogP contribution < -0.4 is 15.5 Å². The Morgan fingerprint density at radius 1 is 0.783 bits per heavy atom. The van der Waals surface area contributed by atoms with Crippen molar-refractivity contribution in [3.8, 4) is 0 Å². The first-order valence-corrected chi connectivity index (χ1v) is 8.50. The van der Waals surface area contributed by atoms with Gasteiger partial charge in [0.05, 0.1) is 26.4 Å². The van der Waals surface area contributed by atoms with Gasteiger partial charge in [-0.3, -0.25) is 0 Å². The molecule has 0 amide bonds. The lowest BCUT2D eigenvalue weighted by Crippen LogP contribution is -2.45. The van der Waals surface area contributed by atoms with Gasteiger partial charge < -0.3 is 29.7 Å². The molecule has 0 aromatic heterocycles. The number of nitrogens with zero attached hydrogens (tertiary/aromatic N) is 2. The van der Waals surface area contributed by atoms with Gasteiger partial charge in [-0.05, 0) is 18.2 Å². The van der Waals surface area contributed by atoms with E-state index in [4.69, 9.17) is 19.9 Å². The summed E-state index contributed by atoms with van der Waals surface area (Å²) in [7, 11) is 0. The van der Waals surface area contributed by atoms with E-state index in [1.165, 1.54) is 11.4 Å². The Morgan fingerprint density at radius 2 is 1.35 bits per heavy atom. The quantitative estimate of drug-likeness (QED) is 0.833. The van der Waals surface area contributed by atoms with Gasteiger partial charge in [-0.25, -0.2) is 0 Å². The standard InChI is InChI=1S/C17H25N3O3/c18-14-11-15(13-16(12-14)20-5-7-21-8-6-20)19-3-1-17(2-4-19)22-9-10-23-17/h11-13H,1-10,18H2. The number of benzene rings is 1. The summed E-state index contributed by atoms with van der Waals surface area (Å²) >= 11 is 0. The molecule has 1 aromatic rings. The van der Waals surface area contributed by atoms with E-state index >= 15 is 0 Å². The van der Waals surface area contributed by atoms with Gasteiger partial charge in [-0.15, -0.1) is 0 Å². The Morgan fingerprint density at radius 3 is 1.96 bits per heavy atom. The third-order valence-electron chi connectivity index (χ3n) is 5.01. The van der Waals surface area contributed by atoms with E-state index in [9.17, 15) is 0 Å². The Hall–Kier alpha value is -1.50. The van der Waals surface area contributed by atoms with Crippen molar-refractivity contribution in [2.75, 3.05) is 68.1 Å². The van der Waals surface area contributed by atoms with E-state index in [0.717, 1.165) is 71.1 Å². The number of hydrogen-bond acceptors (Lipinski definition) is 6. The molecule has 0 radical (unpaired) electrons. The molecule has 23 heavy (non-hydrogen) atoms. The van der Waals surface area contributed by atoms with Gasteiger partial charge in [-0.2, -0.15) is 0 Å². The molecule has 0 unspecified atom stereocenters. The van der Waals surface area contributed by atoms with E-state index in [1.807, 2.05) is 0 Å². The van der Waals surface area contributed by atoms with Gasteiger partial charge in [0.1, 0.15) is 0 Å². The molecule has 3 heterocycles. The Balaban J connectivity index is 1.49. The molecule has 0 saturated carbocycles. The lowest BCUT2D eigenvalue weighted by Gasteiger charge is -2.39. The first-order valence-electron chi connectivity index (χ1n) is 8.50. The van der Waals surface area contributed by atoms with Gasteiger partial charge in [0, 0.05) is 56.1 Å². The summed E-state index contributed by atoms with van der Waals surface area (Å²) < 4.78 is 17.1. The molecule has 3 aliphatic rings. The van der Waals surface area contributed by atoms with Crippen molar-refractivity contribution in [1.29, 1.82) is 0 Å². The van der Waals surface area contributed by atoms with Crippen LogP contribution in [0.3, 0.4) is 0 Å². The zero-order valence-corrected chi connectivity index (χ0v) is 13.5. The SMILES string of the molecule is Nc1cc(N2CCOCC2)cc(N2CCC3(CC2)OCCO3)c1. The van der Waals surface area contributed by atoms with Crippen molar-refractivity contribution in [3.63, 3.8) is 0 Å². The van der Waals surface area contributed by atoms with E-state index < -0.39 is 0 Å². The molecule has 1 spiro atoms. The van der Waals surface area contributed by atoms with Crippen molar-refractivity contribution >= 4 is 17.1 Å². The van der Waals surface area contributed by atoms with Crippen LogP contribution in [-0.4, -0.2) is 58.4 Å². The highest BCUT2D eigenvalue weighted by atomic mass is 16.7. The van der Waals surface area contributed by atoms with Crippen LogP contribution >= 0.6 is 0 Å². The van der Waals surface area contributed by atoms with Gasteiger partial charge >= 0.3 is 0 Å². The molecule has 126 valence electrons. The molecular formula is C17H25N3O3. The Kier molecular flexibility index (Phi) is 4.05. The van der Waals surface area contributed by atoms with E-state index in [-0.39, 0.29) is 5.79 Å². The molecular weight excluding hydrogens is 294 g/mol. The Bertz CT molecular complexity index is 544. The lowest BCUT2D eigenvalue weighted by molar-refractivity contribution is -0.169. The molecule has 6 heteroatoms. The maximum absolute atomic E-state index is 6.15. The van der Waals surface area contributed by atoms with Crippen LogP contribution in [0.2, 0.25) is 0 Å². The fraction of sp³-hybridized carbons (Fsp3) is 0.647. The minimum atomic E-state index is -0.330. The summed E-state index contributed by atoms with van der Waals surface area (Å²) in [5.41, 5.74) is 9.36. The number of piperidine rings is 1. The zero-order chi connectivity index (χ0) is 15.7. The summed E-state index contributed by atoms with van der Waals surface area (Å²) in [5.74, 6) is -0.330. The number of morpholine rings is 1. The number of nitrogen functional groups attached to an aromatic ring is 1. The third kappa shape index (κ3) is 3.11. The summed E-state index contributed by atoms with van der Waals surface area (Å²) in [6.45, 7) is 6.73. The molecule has 6 nitrogen and oxygen atoms in total. The summed E-state index contributed by atoms with van der Waals surface area (Å²) in [5, 5.41) is 0.